The zero-order chi connectivity index (χ0) is 16.6. The van der Waals surface area contributed by atoms with Gasteiger partial charge in [0.05, 0.1) is 11.6 Å². The molecule has 3 aliphatic heterocycles. The Bertz CT molecular complexity index is 790. The van der Waals surface area contributed by atoms with Crippen molar-refractivity contribution < 1.29 is 29.2 Å². The number of carbonyl (C=O) groups excluding carboxylic acids is 1. The zero-order valence-corrected chi connectivity index (χ0v) is 13.1. The Morgan fingerprint density at radius 1 is 1.29 bits per heavy atom. The number of aliphatic hydroxyl groups is 2. The monoisotopic (exact) mass is 331 g/mol. The number of fused-ring (bicyclic) bond motifs is 6. The number of ether oxygens (including phenoxy) is 3. The summed E-state index contributed by atoms with van der Waals surface area (Å²) in [5, 5.41) is 22.1. The summed E-state index contributed by atoms with van der Waals surface area (Å²) in [6.07, 6.45) is 0.377. The molecule has 0 amide bonds. The first-order chi connectivity index (χ1) is 11.5. The van der Waals surface area contributed by atoms with Crippen molar-refractivity contribution in [2.45, 2.75) is 30.3 Å². The molecule has 7 heteroatoms. The van der Waals surface area contributed by atoms with E-state index in [0.29, 0.717) is 17.1 Å². The van der Waals surface area contributed by atoms with Crippen LogP contribution in [0.15, 0.2) is 23.8 Å². The van der Waals surface area contributed by atoms with Crippen LogP contribution < -0.4 is 9.47 Å². The van der Waals surface area contributed by atoms with Crippen molar-refractivity contribution in [1.82, 2.24) is 4.90 Å². The highest BCUT2D eigenvalue weighted by Gasteiger charge is 2.60. The maximum Gasteiger partial charge on any atom is 0.339 e. The molecule has 1 fully saturated rings. The second kappa shape index (κ2) is 4.50. The number of carbonyl (C=O) groups is 1. The molecule has 4 atom stereocenters. The van der Waals surface area contributed by atoms with Crippen LogP contribution in [0.1, 0.15) is 22.3 Å². The van der Waals surface area contributed by atoms with Gasteiger partial charge in [-0.25, -0.2) is 4.79 Å². The van der Waals surface area contributed by atoms with Crippen LogP contribution in [0.2, 0.25) is 0 Å². The Morgan fingerprint density at radius 2 is 2.04 bits per heavy atom. The summed E-state index contributed by atoms with van der Waals surface area (Å²) in [6.45, 7) is 0.846. The lowest BCUT2D eigenvalue weighted by atomic mass is 9.70. The van der Waals surface area contributed by atoms with Crippen LogP contribution in [0.4, 0.5) is 0 Å². The molecule has 5 rings (SSSR count). The molecule has 3 heterocycles. The van der Waals surface area contributed by atoms with Crippen LogP contribution in [0.3, 0.4) is 0 Å². The van der Waals surface area contributed by atoms with E-state index in [1.54, 1.807) is 18.2 Å². The molecule has 2 N–H and O–H groups in total. The van der Waals surface area contributed by atoms with E-state index in [0.717, 1.165) is 18.5 Å². The Balaban J connectivity index is 1.77. The van der Waals surface area contributed by atoms with E-state index in [1.165, 1.54) is 0 Å². The number of hydrogen-bond donors (Lipinski definition) is 2. The van der Waals surface area contributed by atoms with Crippen molar-refractivity contribution in [1.29, 1.82) is 0 Å². The Kier molecular flexibility index (Phi) is 2.68. The van der Waals surface area contributed by atoms with Crippen molar-refractivity contribution in [3.63, 3.8) is 0 Å². The third-order valence-corrected chi connectivity index (χ3v) is 5.49. The standard InChI is InChI=1S/C17H17NO6/c1-18-3-2-8-4-11(19)15-17(21,14(8)18)10-6-13-12(22-7-23-13)5-9(10)16(20)24-15/h4-6,11,14-15,19,21H,2-3,7H2,1H3. The molecule has 4 unspecified atom stereocenters. The van der Waals surface area contributed by atoms with Crippen molar-refractivity contribution in [2.75, 3.05) is 20.4 Å². The van der Waals surface area contributed by atoms with Gasteiger partial charge in [-0.1, -0.05) is 6.08 Å². The number of rotatable bonds is 0. The van der Waals surface area contributed by atoms with E-state index in [2.05, 4.69) is 0 Å². The van der Waals surface area contributed by atoms with Gasteiger partial charge in [0.25, 0.3) is 0 Å². The molecule has 24 heavy (non-hydrogen) atoms. The summed E-state index contributed by atoms with van der Waals surface area (Å²) < 4.78 is 16.2. The number of nitrogens with zero attached hydrogens (tertiary/aromatic N) is 1. The molecular weight excluding hydrogens is 314 g/mol. The predicted molar refractivity (Wildman–Crippen MR) is 80.8 cm³/mol. The van der Waals surface area contributed by atoms with Gasteiger partial charge in [-0.05, 0) is 31.2 Å². The minimum Gasteiger partial charge on any atom is -0.454 e. The molecule has 4 aliphatic rings. The van der Waals surface area contributed by atoms with Gasteiger partial charge in [-0.3, -0.25) is 4.90 Å². The maximum absolute atomic E-state index is 12.4. The number of benzene rings is 1. The average molecular weight is 331 g/mol. The fraction of sp³-hybridized carbons (Fsp3) is 0.471. The number of aliphatic hydroxyl groups excluding tert-OH is 1. The van der Waals surface area contributed by atoms with Gasteiger partial charge in [0.1, 0.15) is 11.7 Å². The molecule has 1 aromatic rings. The van der Waals surface area contributed by atoms with Crippen LogP contribution in [0, 0.1) is 0 Å². The quantitative estimate of drug-likeness (QED) is 0.517. The molecule has 0 radical (unpaired) electrons. The maximum atomic E-state index is 12.4. The smallest absolute Gasteiger partial charge is 0.339 e. The van der Waals surface area contributed by atoms with Gasteiger partial charge >= 0.3 is 5.97 Å². The number of likely N-dealkylation sites (tertiary alicyclic amines) is 1. The highest BCUT2D eigenvalue weighted by atomic mass is 16.7. The van der Waals surface area contributed by atoms with E-state index in [9.17, 15) is 15.0 Å². The van der Waals surface area contributed by atoms with Gasteiger partial charge in [0.15, 0.2) is 17.6 Å². The highest BCUT2D eigenvalue weighted by Crippen LogP contribution is 2.51. The largest absolute Gasteiger partial charge is 0.454 e. The van der Waals surface area contributed by atoms with Crippen molar-refractivity contribution in [3.8, 4) is 11.5 Å². The molecule has 1 saturated heterocycles. The normalized spacial score (nSPS) is 36.5. The van der Waals surface area contributed by atoms with Crippen LogP contribution in [-0.4, -0.2) is 59.7 Å². The highest BCUT2D eigenvalue weighted by molar-refractivity contribution is 5.94. The lowest BCUT2D eigenvalue weighted by Gasteiger charge is -2.49. The molecule has 126 valence electrons. The third-order valence-electron chi connectivity index (χ3n) is 5.49. The van der Waals surface area contributed by atoms with Crippen molar-refractivity contribution in [3.05, 3.63) is 34.9 Å². The summed E-state index contributed by atoms with van der Waals surface area (Å²) in [7, 11) is 1.92. The minimum atomic E-state index is -1.53. The molecular formula is C17H17NO6. The summed E-state index contributed by atoms with van der Waals surface area (Å²) in [4.78, 5) is 14.5. The Hall–Kier alpha value is -2.09. The van der Waals surface area contributed by atoms with Gasteiger partial charge in [-0.2, -0.15) is 0 Å². The van der Waals surface area contributed by atoms with Crippen LogP contribution in [0.5, 0.6) is 11.5 Å². The van der Waals surface area contributed by atoms with E-state index in [4.69, 9.17) is 14.2 Å². The second-order valence-corrected chi connectivity index (χ2v) is 6.77. The van der Waals surface area contributed by atoms with E-state index in [1.807, 2.05) is 11.9 Å². The lowest BCUT2D eigenvalue weighted by molar-refractivity contribution is -0.162. The van der Waals surface area contributed by atoms with Crippen LogP contribution >= 0.6 is 0 Å². The Morgan fingerprint density at radius 3 is 2.83 bits per heavy atom. The van der Waals surface area contributed by atoms with E-state index >= 15 is 0 Å². The first-order valence-corrected chi connectivity index (χ1v) is 7.96. The summed E-state index contributed by atoms with van der Waals surface area (Å²) >= 11 is 0. The molecule has 0 saturated carbocycles. The van der Waals surface area contributed by atoms with E-state index < -0.39 is 23.8 Å². The number of hydrogen-bond acceptors (Lipinski definition) is 7. The van der Waals surface area contributed by atoms with Crippen molar-refractivity contribution >= 4 is 5.97 Å². The fourth-order valence-corrected chi connectivity index (χ4v) is 4.45. The minimum absolute atomic E-state index is 0.0756. The molecule has 1 aliphatic carbocycles. The summed E-state index contributed by atoms with van der Waals surface area (Å²) in [5.41, 5.74) is 0.118. The molecule has 1 aromatic carbocycles. The first-order valence-electron chi connectivity index (χ1n) is 7.96. The first kappa shape index (κ1) is 14.3. The Labute approximate surface area is 138 Å². The number of likely N-dealkylation sites (N-methyl/N-ethyl adjacent to an activating group) is 1. The predicted octanol–water partition coefficient (Wildman–Crippen LogP) is 0.147. The summed E-state index contributed by atoms with van der Waals surface area (Å²) in [6, 6.07) is 2.85. The van der Waals surface area contributed by atoms with Crippen LogP contribution in [0.25, 0.3) is 0 Å². The SMILES string of the molecule is CN1CCC2=CC(O)C3OC(=O)c4cc5c(cc4C3(O)C21)OCO5. The lowest BCUT2D eigenvalue weighted by Crippen LogP contribution is -2.63. The fourth-order valence-electron chi connectivity index (χ4n) is 4.45. The summed E-state index contributed by atoms with van der Waals surface area (Å²) in [5.74, 6) is 0.371. The molecule has 7 nitrogen and oxygen atoms in total. The molecule has 0 spiro atoms. The average Bonchev–Trinajstić information content (AvgIpc) is 3.15. The van der Waals surface area contributed by atoms with Gasteiger partial charge in [0.2, 0.25) is 6.79 Å². The third kappa shape index (κ3) is 1.59. The van der Waals surface area contributed by atoms with Crippen LogP contribution in [-0.2, 0) is 10.3 Å². The van der Waals surface area contributed by atoms with Gasteiger partial charge in [0, 0.05) is 12.1 Å². The second-order valence-electron chi connectivity index (χ2n) is 6.77. The topological polar surface area (TPSA) is 88.5 Å². The number of esters is 1. The molecule has 0 bridgehead atoms. The van der Waals surface area contributed by atoms with Gasteiger partial charge in [-0.15, -0.1) is 0 Å². The molecule has 0 aromatic heterocycles. The van der Waals surface area contributed by atoms with Gasteiger partial charge < -0.3 is 24.4 Å². The van der Waals surface area contributed by atoms with E-state index in [-0.39, 0.29) is 18.4 Å². The zero-order valence-electron chi connectivity index (χ0n) is 13.1. The van der Waals surface area contributed by atoms with Crippen molar-refractivity contribution in [2.24, 2.45) is 0 Å².